The largest absolute Gasteiger partial charge is 0.356 e. The lowest BCUT2D eigenvalue weighted by Gasteiger charge is -2.03. The first kappa shape index (κ1) is 10.7. The second kappa shape index (κ2) is 6.15. The molecule has 14 heavy (non-hydrogen) atoms. The first-order valence-corrected chi connectivity index (χ1v) is 4.78. The molecule has 1 amide bonds. The van der Waals surface area contributed by atoms with Crippen LogP contribution in [0, 0.1) is 0 Å². The van der Waals surface area contributed by atoms with Crippen LogP contribution in [-0.4, -0.2) is 29.2 Å². The van der Waals surface area contributed by atoms with E-state index < -0.39 is 0 Å². The number of nitrogens with zero attached hydrogens (tertiary/aromatic N) is 1. The summed E-state index contributed by atoms with van der Waals surface area (Å²) in [5.74, 6) is 0.0876. The van der Waals surface area contributed by atoms with E-state index in [0.29, 0.717) is 19.5 Å². The summed E-state index contributed by atoms with van der Waals surface area (Å²) in [6.45, 7) is 4.01. The average molecular weight is 196 g/mol. The molecular weight excluding hydrogens is 180 g/mol. The minimum absolute atomic E-state index is 0.0876. The van der Waals surface area contributed by atoms with E-state index in [1.165, 1.54) is 0 Å². The maximum absolute atomic E-state index is 11.0. The average Bonchev–Trinajstić information content (AvgIpc) is 2.65. The van der Waals surface area contributed by atoms with Gasteiger partial charge in [-0.1, -0.05) is 0 Å². The summed E-state index contributed by atoms with van der Waals surface area (Å²) in [4.78, 5) is 11.0. The number of hydrogen-bond donors (Lipinski definition) is 3. The molecule has 0 aliphatic rings. The minimum atomic E-state index is 0.0876. The minimum Gasteiger partial charge on any atom is -0.356 e. The van der Waals surface area contributed by atoms with E-state index >= 15 is 0 Å². The van der Waals surface area contributed by atoms with E-state index in [-0.39, 0.29) is 5.91 Å². The summed E-state index contributed by atoms with van der Waals surface area (Å²) < 4.78 is 0. The van der Waals surface area contributed by atoms with Crippen molar-refractivity contribution >= 4 is 5.91 Å². The number of hydrogen-bond acceptors (Lipinski definition) is 3. The number of rotatable bonds is 6. The molecule has 0 saturated heterocycles. The second-order valence-corrected chi connectivity index (χ2v) is 2.96. The summed E-state index contributed by atoms with van der Waals surface area (Å²) >= 11 is 0. The Labute approximate surface area is 83.3 Å². The van der Waals surface area contributed by atoms with Crippen LogP contribution in [0.1, 0.15) is 19.0 Å². The lowest BCUT2D eigenvalue weighted by Crippen LogP contribution is -2.27. The Hall–Kier alpha value is -1.36. The van der Waals surface area contributed by atoms with Gasteiger partial charge in [0.15, 0.2) is 0 Å². The van der Waals surface area contributed by atoms with Gasteiger partial charge in [0.25, 0.3) is 0 Å². The van der Waals surface area contributed by atoms with Crippen LogP contribution in [0.5, 0.6) is 0 Å². The van der Waals surface area contributed by atoms with Gasteiger partial charge in [0.1, 0.15) is 0 Å². The molecule has 1 aromatic heterocycles. The Kier molecular flexibility index (Phi) is 4.71. The van der Waals surface area contributed by atoms with Crippen LogP contribution in [0.15, 0.2) is 12.3 Å². The van der Waals surface area contributed by atoms with E-state index in [4.69, 9.17) is 0 Å². The lowest BCUT2D eigenvalue weighted by atomic mass is 10.3. The summed E-state index contributed by atoms with van der Waals surface area (Å²) in [5.41, 5.74) is 1.03. The van der Waals surface area contributed by atoms with E-state index in [1.807, 2.05) is 13.0 Å². The molecule has 0 radical (unpaired) electrons. The molecule has 0 spiro atoms. The molecule has 1 aromatic rings. The molecule has 1 rings (SSSR count). The molecule has 0 bridgehead atoms. The highest BCUT2D eigenvalue weighted by atomic mass is 16.1. The monoisotopic (exact) mass is 196 g/mol. The predicted molar refractivity (Wildman–Crippen MR) is 53.6 cm³/mol. The third kappa shape index (κ3) is 4.04. The first-order valence-electron chi connectivity index (χ1n) is 4.78. The zero-order valence-electron chi connectivity index (χ0n) is 8.34. The van der Waals surface area contributed by atoms with E-state index in [2.05, 4.69) is 20.8 Å². The Bertz CT molecular complexity index is 258. The van der Waals surface area contributed by atoms with Crippen molar-refractivity contribution in [3.8, 4) is 0 Å². The van der Waals surface area contributed by atoms with Gasteiger partial charge in [-0.2, -0.15) is 5.10 Å². The van der Waals surface area contributed by atoms with Crippen molar-refractivity contribution < 1.29 is 4.79 Å². The molecule has 0 aromatic carbocycles. The quantitative estimate of drug-likeness (QED) is 0.562. The van der Waals surface area contributed by atoms with Gasteiger partial charge in [-0.05, 0) is 13.0 Å². The van der Waals surface area contributed by atoms with Crippen molar-refractivity contribution in [3.05, 3.63) is 18.0 Å². The van der Waals surface area contributed by atoms with Crippen molar-refractivity contribution in [3.63, 3.8) is 0 Å². The number of carbonyl (C=O) groups is 1. The fourth-order valence-electron chi connectivity index (χ4n) is 1.09. The smallest absolute Gasteiger partial charge is 0.221 e. The molecule has 0 saturated carbocycles. The fraction of sp³-hybridized carbons (Fsp3) is 0.556. The third-order valence-electron chi connectivity index (χ3n) is 1.78. The highest BCUT2D eigenvalue weighted by Crippen LogP contribution is 1.89. The molecular formula is C9H16N4O. The number of aromatic amines is 1. The van der Waals surface area contributed by atoms with Gasteiger partial charge in [-0.15, -0.1) is 0 Å². The van der Waals surface area contributed by atoms with Crippen LogP contribution in [-0.2, 0) is 11.3 Å². The lowest BCUT2D eigenvalue weighted by molar-refractivity contribution is -0.120. The van der Waals surface area contributed by atoms with Crippen molar-refractivity contribution in [1.29, 1.82) is 0 Å². The maximum Gasteiger partial charge on any atom is 0.221 e. The molecule has 78 valence electrons. The summed E-state index contributed by atoms with van der Waals surface area (Å²) in [5, 5.41) is 12.5. The molecule has 0 fully saturated rings. The number of amides is 1. The van der Waals surface area contributed by atoms with E-state index in [1.54, 1.807) is 6.20 Å². The van der Waals surface area contributed by atoms with Crippen LogP contribution in [0.4, 0.5) is 0 Å². The van der Waals surface area contributed by atoms with Gasteiger partial charge < -0.3 is 10.6 Å². The molecule has 0 aliphatic heterocycles. The van der Waals surface area contributed by atoms with Crippen molar-refractivity contribution in [2.45, 2.75) is 19.9 Å². The number of aromatic nitrogens is 2. The molecule has 0 aliphatic carbocycles. The Morgan fingerprint density at radius 1 is 1.64 bits per heavy atom. The van der Waals surface area contributed by atoms with E-state index in [0.717, 1.165) is 12.2 Å². The molecule has 5 heteroatoms. The van der Waals surface area contributed by atoms with E-state index in [9.17, 15) is 4.79 Å². The SMILES string of the molecule is CCNC(=O)CCNCc1ccn[nH]1. The van der Waals surface area contributed by atoms with Gasteiger partial charge in [0.05, 0.1) is 0 Å². The summed E-state index contributed by atoms with van der Waals surface area (Å²) in [6, 6.07) is 1.90. The Morgan fingerprint density at radius 2 is 2.50 bits per heavy atom. The van der Waals surface area contributed by atoms with Crippen LogP contribution in [0.2, 0.25) is 0 Å². The van der Waals surface area contributed by atoms with Gasteiger partial charge in [0, 0.05) is 37.9 Å². The Morgan fingerprint density at radius 3 is 3.14 bits per heavy atom. The number of nitrogens with one attached hydrogen (secondary N) is 3. The summed E-state index contributed by atoms with van der Waals surface area (Å²) in [6.07, 6.45) is 2.22. The standard InChI is InChI=1S/C9H16N4O/c1-2-11-9(14)4-5-10-7-8-3-6-12-13-8/h3,6,10H,2,4-5,7H2,1H3,(H,11,14)(H,12,13). The first-order chi connectivity index (χ1) is 6.83. The zero-order valence-corrected chi connectivity index (χ0v) is 8.34. The van der Waals surface area contributed by atoms with Crippen LogP contribution >= 0.6 is 0 Å². The van der Waals surface area contributed by atoms with Crippen LogP contribution in [0.25, 0.3) is 0 Å². The molecule has 5 nitrogen and oxygen atoms in total. The van der Waals surface area contributed by atoms with Crippen molar-refractivity contribution in [2.24, 2.45) is 0 Å². The van der Waals surface area contributed by atoms with Crippen molar-refractivity contribution in [1.82, 2.24) is 20.8 Å². The summed E-state index contributed by atoms with van der Waals surface area (Å²) in [7, 11) is 0. The fourth-order valence-corrected chi connectivity index (χ4v) is 1.09. The molecule has 0 atom stereocenters. The topological polar surface area (TPSA) is 69.8 Å². The van der Waals surface area contributed by atoms with Crippen LogP contribution in [0.3, 0.4) is 0 Å². The highest BCUT2D eigenvalue weighted by Gasteiger charge is 1.98. The van der Waals surface area contributed by atoms with Gasteiger partial charge in [0.2, 0.25) is 5.91 Å². The zero-order chi connectivity index (χ0) is 10.2. The third-order valence-corrected chi connectivity index (χ3v) is 1.78. The predicted octanol–water partition coefficient (Wildman–Crippen LogP) is 0.0255. The number of carbonyl (C=O) groups excluding carboxylic acids is 1. The normalized spacial score (nSPS) is 10.1. The van der Waals surface area contributed by atoms with Gasteiger partial charge in [-0.25, -0.2) is 0 Å². The maximum atomic E-state index is 11.0. The van der Waals surface area contributed by atoms with Gasteiger partial charge >= 0.3 is 0 Å². The number of H-pyrrole nitrogens is 1. The molecule has 1 heterocycles. The van der Waals surface area contributed by atoms with Crippen molar-refractivity contribution in [2.75, 3.05) is 13.1 Å². The van der Waals surface area contributed by atoms with Crippen LogP contribution < -0.4 is 10.6 Å². The molecule has 0 unspecified atom stereocenters. The second-order valence-electron chi connectivity index (χ2n) is 2.96. The van der Waals surface area contributed by atoms with Gasteiger partial charge in [-0.3, -0.25) is 9.89 Å². The highest BCUT2D eigenvalue weighted by molar-refractivity contribution is 5.75. The molecule has 3 N–H and O–H groups in total. The Balaban J connectivity index is 2.02.